The quantitative estimate of drug-likeness (QED) is 0.387. The predicted octanol–water partition coefficient (Wildman–Crippen LogP) is 2.75. The molecule has 4 rings (SSSR count). The molecule has 1 N–H and O–H groups in total. The van der Waals surface area contributed by atoms with Crippen LogP contribution in [0.3, 0.4) is 0 Å². The Morgan fingerprint density at radius 3 is 2.79 bits per heavy atom. The SMILES string of the molecule is CSc1nc2ccsc2c(=O)n1CC(=O)Nc1cc2c(cc1C(C)=O)OCO2. The second kappa shape index (κ2) is 7.28. The molecule has 0 saturated carbocycles. The van der Waals surface area contributed by atoms with E-state index in [0.717, 1.165) is 0 Å². The number of Topliss-reactive ketones (excluding diaryl/α,β-unsaturated/α-hetero) is 1. The van der Waals surface area contributed by atoms with Crippen molar-refractivity contribution in [1.82, 2.24) is 9.55 Å². The summed E-state index contributed by atoms with van der Waals surface area (Å²) in [5.41, 5.74) is 0.968. The summed E-state index contributed by atoms with van der Waals surface area (Å²) in [6, 6.07) is 4.87. The first-order chi connectivity index (χ1) is 13.5. The van der Waals surface area contributed by atoms with Gasteiger partial charge in [-0.3, -0.25) is 19.0 Å². The minimum absolute atomic E-state index is 0.0586. The third kappa shape index (κ3) is 3.25. The summed E-state index contributed by atoms with van der Waals surface area (Å²) in [5.74, 6) is 0.231. The van der Waals surface area contributed by atoms with Gasteiger partial charge in [0.2, 0.25) is 12.7 Å². The lowest BCUT2D eigenvalue weighted by Gasteiger charge is -2.13. The van der Waals surface area contributed by atoms with Crippen LogP contribution in [0.2, 0.25) is 0 Å². The molecular weight excluding hydrogens is 402 g/mol. The number of thioether (sulfide) groups is 1. The van der Waals surface area contributed by atoms with Crippen LogP contribution in [-0.4, -0.2) is 34.3 Å². The van der Waals surface area contributed by atoms with E-state index in [0.29, 0.717) is 38.1 Å². The lowest BCUT2D eigenvalue weighted by molar-refractivity contribution is -0.116. The molecule has 0 fully saturated rings. The first-order valence-electron chi connectivity index (χ1n) is 8.24. The maximum Gasteiger partial charge on any atom is 0.272 e. The molecule has 0 bridgehead atoms. The molecule has 0 atom stereocenters. The number of anilines is 1. The van der Waals surface area contributed by atoms with Crippen LogP contribution in [0, 0.1) is 0 Å². The van der Waals surface area contributed by atoms with Crippen LogP contribution in [0.4, 0.5) is 5.69 Å². The predicted molar refractivity (Wildman–Crippen MR) is 107 cm³/mol. The number of carbonyl (C=O) groups is 2. The highest BCUT2D eigenvalue weighted by Gasteiger charge is 2.21. The highest BCUT2D eigenvalue weighted by Crippen LogP contribution is 2.37. The monoisotopic (exact) mass is 417 g/mol. The van der Waals surface area contributed by atoms with Gasteiger partial charge in [0.1, 0.15) is 11.2 Å². The van der Waals surface area contributed by atoms with Gasteiger partial charge >= 0.3 is 0 Å². The molecule has 1 aromatic carbocycles. The maximum atomic E-state index is 12.7. The Kier molecular flexibility index (Phi) is 4.82. The van der Waals surface area contributed by atoms with Crippen LogP contribution in [0.15, 0.2) is 33.5 Å². The molecule has 0 aliphatic carbocycles. The van der Waals surface area contributed by atoms with E-state index in [-0.39, 0.29) is 24.7 Å². The van der Waals surface area contributed by atoms with Crippen molar-refractivity contribution in [3.8, 4) is 11.5 Å². The second-order valence-corrected chi connectivity index (χ2v) is 7.67. The average Bonchev–Trinajstić information content (AvgIpc) is 3.31. The van der Waals surface area contributed by atoms with Crippen molar-refractivity contribution < 1.29 is 19.1 Å². The molecule has 8 nitrogen and oxygen atoms in total. The van der Waals surface area contributed by atoms with Gasteiger partial charge in [-0.05, 0) is 30.7 Å². The zero-order valence-corrected chi connectivity index (χ0v) is 16.6. The fraction of sp³-hybridized carbons (Fsp3) is 0.222. The van der Waals surface area contributed by atoms with Crippen molar-refractivity contribution >= 4 is 50.7 Å². The molecule has 1 aliphatic heterocycles. The summed E-state index contributed by atoms with van der Waals surface area (Å²) in [6.45, 7) is 1.24. The Morgan fingerprint density at radius 2 is 2.07 bits per heavy atom. The van der Waals surface area contributed by atoms with Crippen molar-refractivity contribution in [2.24, 2.45) is 0 Å². The molecule has 28 heavy (non-hydrogen) atoms. The number of aromatic nitrogens is 2. The van der Waals surface area contributed by atoms with E-state index in [1.807, 2.05) is 0 Å². The van der Waals surface area contributed by atoms with E-state index < -0.39 is 5.91 Å². The molecule has 10 heteroatoms. The van der Waals surface area contributed by atoms with Crippen LogP contribution < -0.4 is 20.3 Å². The molecule has 0 spiro atoms. The second-order valence-electron chi connectivity index (χ2n) is 5.98. The van der Waals surface area contributed by atoms with E-state index in [4.69, 9.17) is 9.47 Å². The number of benzene rings is 1. The molecule has 0 unspecified atom stereocenters. The van der Waals surface area contributed by atoms with Crippen molar-refractivity contribution in [2.75, 3.05) is 18.4 Å². The third-order valence-electron chi connectivity index (χ3n) is 4.18. The summed E-state index contributed by atoms with van der Waals surface area (Å²) in [5, 5.41) is 4.94. The van der Waals surface area contributed by atoms with Gasteiger partial charge in [0.15, 0.2) is 22.4 Å². The van der Waals surface area contributed by atoms with E-state index in [1.54, 1.807) is 29.8 Å². The topological polar surface area (TPSA) is 99.5 Å². The Labute approximate surface area is 167 Å². The number of hydrogen-bond donors (Lipinski definition) is 1. The number of nitrogens with zero attached hydrogens (tertiary/aromatic N) is 2. The highest BCUT2D eigenvalue weighted by molar-refractivity contribution is 7.98. The Hall–Kier alpha value is -2.85. The average molecular weight is 417 g/mol. The summed E-state index contributed by atoms with van der Waals surface area (Å²) < 4.78 is 12.4. The van der Waals surface area contributed by atoms with Gasteiger partial charge in [0.05, 0.1) is 11.2 Å². The maximum absolute atomic E-state index is 12.7. The summed E-state index contributed by atoms with van der Waals surface area (Å²) in [7, 11) is 0. The number of ether oxygens (including phenoxy) is 2. The molecule has 1 aliphatic rings. The van der Waals surface area contributed by atoms with Crippen molar-refractivity contribution in [2.45, 2.75) is 18.6 Å². The molecule has 0 radical (unpaired) electrons. The standard InChI is InChI=1S/C18H15N3O5S2/c1-9(22)10-5-13-14(26-8-25-13)6-12(10)19-15(23)7-21-17(24)16-11(3-4-28-16)20-18(21)27-2/h3-6H,7-8H2,1-2H3,(H,19,23). The Balaban J connectivity index is 1.66. The minimum Gasteiger partial charge on any atom is -0.454 e. The first-order valence-corrected chi connectivity index (χ1v) is 10.3. The molecular formula is C18H15N3O5S2. The van der Waals surface area contributed by atoms with Crippen molar-refractivity contribution in [3.63, 3.8) is 0 Å². The van der Waals surface area contributed by atoms with Gasteiger partial charge < -0.3 is 14.8 Å². The van der Waals surface area contributed by atoms with Gasteiger partial charge in [-0.1, -0.05) is 11.8 Å². The minimum atomic E-state index is -0.448. The van der Waals surface area contributed by atoms with E-state index in [2.05, 4.69) is 10.3 Å². The summed E-state index contributed by atoms with van der Waals surface area (Å²) >= 11 is 2.57. The zero-order valence-electron chi connectivity index (χ0n) is 15.0. The van der Waals surface area contributed by atoms with E-state index in [1.165, 1.54) is 34.6 Å². The summed E-state index contributed by atoms with van der Waals surface area (Å²) in [4.78, 5) is 41.8. The number of carbonyl (C=O) groups excluding carboxylic acids is 2. The lowest BCUT2D eigenvalue weighted by Crippen LogP contribution is -2.29. The molecule has 144 valence electrons. The summed E-state index contributed by atoms with van der Waals surface area (Å²) in [6.07, 6.45) is 1.79. The van der Waals surface area contributed by atoms with Gasteiger partial charge in [-0.2, -0.15) is 0 Å². The number of thiophene rings is 1. The van der Waals surface area contributed by atoms with Gasteiger partial charge in [-0.15, -0.1) is 11.3 Å². The molecule has 3 aromatic rings. The molecule has 1 amide bonds. The lowest BCUT2D eigenvalue weighted by atomic mass is 10.1. The zero-order chi connectivity index (χ0) is 19.8. The highest BCUT2D eigenvalue weighted by atomic mass is 32.2. The Morgan fingerprint density at radius 1 is 1.32 bits per heavy atom. The number of rotatable bonds is 5. The first kappa shape index (κ1) is 18.5. The van der Waals surface area contributed by atoms with E-state index in [9.17, 15) is 14.4 Å². The molecule has 3 heterocycles. The largest absolute Gasteiger partial charge is 0.454 e. The number of fused-ring (bicyclic) bond motifs is 2. The molecule has 2 aromatic heterocycles. The van der Waals surface area contributed by atoms with Crippen LogP contribution in [-0.2, 0) is 11.3 Å². The van der Waals surface area contributed by atoms with Crippen LogP contribution in [0.25, 0.3) is 10.2 Å². The Bertz CT molecular complexity index is 1170. The van der Waals surface area contributed by atoms with Crippen LogP contribution >= 0.6 is 23.1 Å². The number of nitrogens with one attached hydrogen (secondary N) is 1. The molecule has 0 saturated heterocycles. The number of hydrogen-bond acceptors (Lipinski definition) is 8. The van der Waals surface area contributed by atoms with Crippen LogP contribution in [0.5, 0.6) is 11.5 Å². The fourth-order valence-corrected chi connectivity index (χ4v) is 4.22. The number of ketones is 1. The van der Waals surface area contributed by atoms with Crippen molar-refractivity contribution in [1.29, 1.82) is 0 Å². The fourth-order valence-electron chi connectivity index (χ4n) is 2.89. The van der Waals surface area contributed by atoms with Gasteiger partial charge in [-0.25, -0.2) is 4.98 Å². The number of amides is 1. The van der Waals surface area contributed by atoms with Gasteiger partial charge in [0.25, 0.3) is 5.56 Å². The van der Waals surface area contributed by atoms with Crippen LogP contribution in [0.1, 0.15) is 17.3 Å². The van der Waals surface area contributed by atoms with Crippen molar-refractivity contribution in [3.05, 3.63) is 39.5 Å². The third-order valence-corrected chi connectivity index (χ3v) is 5.75. The smallest absolute Gasteiger partial charge is 0.272 e. The van der Waals surface area contributed by atoms with Gasteiger partial charge in [0, 0.05) is 11.6 Å². The van der Waals surface area contributed by atoms with E-state index >= 15 is 0 Å². The normalized spacial score (nSPS) is 12.4.